The Hall–Kier alpha value is -3.11. The van der Waals surface area contributed by atoms with Crippen molar-refractivity contribution in [2.75, 3.05) is 15.4 Å². The Morgan fingerprint density at radius 2 is 1.67 bits per heavy atom. The van der Waals surface area contributed by atoms with Crippen LogP contribution in [-0.2, 0) is 10.0 Å². The fraction of sp³-hybridized carbons (Fsp3) is 0.0588. The maximum absolute atomic E-state index is 12.4. The summed E-state index contributed by atoms with van der Waals surface area (Å²) in [7, 11) is -3.77. The van der Waals surface area contributed by atoms with Crippen LogP contribution in [0, 0.1) is 6.92 Å². The van der Waals surface area contributed by atoms with Gasteiger partial charge >= 0.3 is 0 Å². The highest BCUT2D eigenvalue weighted by molar-refractivity contribution is 7.92. The Balaban J connectivity index is 1.65. The Kier molecular flexibility index (Phi) is 5.57. The number of benzene rings is 1. The molecule has 0 aliphatic carbocycles. The van der Waals surface area contributed by atoms with Crippen molar-refractivity contribution in [2.45, 2.75) is 11.8 Å². The number of anilines is 3. The van der Waals surface area contributed by atoms with Crippen LogP contribution in [0.3, 0.4) is 0 Å². The fourth-order valence-corrected chi connectivity index (χ4v) is 3.31. The van der Waals surface area contributed by atoms with Gasteiger partial charge in [0.25, 0.3) is 10.0 Å². The lowest BCUT2D eigenvalue weighted by atomic mass is 10.3. The maximum Gasteiger partial charge on any atom is 0.264 e. The summed E-state index contributed by atoms with van der Waals surface area (Å²) >= 11 is 5.24. The minimum Gasteiger partial charge on any atom is -0.332 e. The van der Waals surface area contributed by atoms with Gasteiger partial charge in [0.2, 0.25) is 5.95 Å². The molecule has 27 heavy (non-hydrogen) atoms. The van der Waals surface area contributed by atoms with Gasteiger partial charge in [-0.2, -0.15) is 0 Å². The minimum absolute atomic E-state index is 0.00994. The number of aromatic nitrogens is 3. The van der Waals surface area contributed by atoms with Crippen LogP contribution in [0.2, 0.25) is 0 Å². The second kappa shape index (κ2) is 8.06. The summed E-state index contributed by atoms with van der Waals surface area (Å²) in [5, 5.41) is 6.30. The number of thiocarbonyl (C=S) groups is 1. The molecule has 8 nitrogen and oxygen atoms in total. The van der Waals surface area contributed by atoms with E-state index in [1.54, 1.807) is 24.4 Å². The van der Waals surface area contributed by atoms with Crippen molar-refractivity contribution in [1.82, 2.24) is 15.0 Å². The molecule has 3 aromatic rings. The number of pyridine rings is 1. The summed E-state index contributed by atoms with van der Waals surface area (Å²) in [5.74, 6) is 0.634. The minimum atomic E-state index is -3.77. The van der Waals surface area contributed by atoms with E-state index in [4.69, 9.17) is 12.2 Å². The van der Waals surface area contributed by atoms with Crippen LogP contribution in [0.5, 0.6) is 0 Å². The third-order valence-electron chi connectivity index (χ3n) is 3.37. The second-order valence-corrected chi connectivity index (χ2v) is 7.59. The SMILES string of the molecule is Cc1ccnc(NC(=S)Nc2ccc(S(=O)(=O)Nc3ncccn3)cc2)c1. The van der Waals surface area contributed by atoms with Gasteiger partial charge in [0.1, 0.15) is 5.82 Å². The summed E-state index contributed by atoms with van der Waals surface area (Å²) in [6, 6.07) is 11.5. The molecule has 0 atom stereocenters. The quantitative estimate of drug-likeness (QED) is 0.561. The molecule has 0 aliphatic heterocycles. The van der Waals surface area contributed by atoms with Crippen LogP contribution in [0.4, 0.5) is 17.5 Å². The number of rotatable bonds is 5. The van der Waals surface area contributed by atoms with E-state index in [0.717, 1.165) is 5.56 Å². The number of hydrogen-bond donors (Lipinski definition) is 3. The molecule has 0 saturated heterocycles. The van der Waals surface area contributed by atoms with Crippen molar-refractivity contribution >= 4 is 44.8 Å². The predicted molar refractivity (Wildman–Crippen MR) is 108 cm³/mol. The van der Waals surface area contributed by atoms with Crippen molar-refractivity contribution in [2.24, 2.45) is 0 Å². The van der Waals surface area contributed by atoms with Gasteiger partial charge < -0.3 is 10.6 Å². The Labute approximate surface area is 162 Å². The molecule has 0 amide bonds. The normalized spacial score (nSPS) is 10.9. The van der Waals surface area contributed by atoms with Crippen LogP contribution in [0.1, 0.15) is 5.56 Å². The molecule has 138 valence electrons. The molecule has 0 unspecified atom stereocenters. The first-order chi connectivity index (χ1) is 12.9. The van der Waals surface area contributed by atoms with Crippen LogP contribution in [0.25, 0.3) is 0 Å². The summed E-state index contributed by atoms with van der Waals surface area (Å²) in [6.07, 6.45) is 4.59. The van der Waals surface area contributed by atoms with E-state index < -0.39 is 10.0 Å². The summed E-state index contributed by atoms with van der Waals surface area (Å²) in [5.41, 5.74) is 1.69. The molecule has 0 aliphatic rings. The van der Waals surface area contributed by atoms with Gasteiger partial charge in [-0.25, -0.2) is 28.1 Å². The molecule has 0 bridgehead atoms. The summed E-state index contributed by atoms with van der Waals surface area (Å²) in [4.78, 5) is 11.9. The zero-order valence-corrected chi connectivity index (χ0v) is 15.9. The summed E-state index contributed by atoms with van der Waals surface area (Å²) in [6.45, 7) is 1.96. The highest BCUT2D eigenvalue weighted by Crippen LogP contribution is 2.16. The molecule has 2 aromatic heterocycles. The van der Waals surface area contributed by atoms with Crippen molar-refractivity contribution in [3.05, 3.63) is 66.6 Å². The molecule has 3 N–H and O–H groups in total. The Morgan fingerprint density at radius 1 is 0.963 bits per heavy atom. The third-order valence-corrected chi connectivity index (χ3v) is 4.92. The number of hydrogen-bond acceptors (Lipinski definition) is 6. The smallest absolute Gasteiger partial charge is 0.264 e. The van der Waals surface area contributed by atoms with Crippen molar-refractivity contribution in [3.8, 4) is 0 Å². The van der Waals surface area contributed by atoms with Crippen LogP contribution >= 0.6 is 12.2 Å². The monoisotopic (exact) mass is 400 g/mol. The van der Waals surface area contributed by atoms with E-state index in [1.807, 2.05) is 19.1 Å². The number of nitrogens with zero attached hydrogens (tertiary/aromatic N) is 3. The molecule has 3 rings (SSSR count). The number of nitrogens with one attached hydrogen (secondary N) is 3. The fourth-order valence-electron chi connectivity index (χ4n) is 2.13. The van der Waals surface area contributed by atoms with Gasteiger partial charge in [0.05, 0.1) is 4.90 Å². The van der Waals surface area contributed by atoms with E-state index in [1.165, 1.54) is 24.5 Å². The van der Waals surface area contributed by atoms with Gasteiger partial charge in [0, 0.05) is 24.3 Å². The van der Waals surface area contributed by atoms with E-state index in [2.05, 4.69) is 30.3 Å². The number of aryl methyl sites for hydroxylation is 1. The average molecular weight is 400 g/mol. The first-order valence-electron chi connectivity index (χ1n) is 7.83. The standard InChI is InChI=1S/C17H16N6O2S2/c1-12-7-10-18-15(11-12)22-17(26)21-13-3-5-14(6-4-13)27(24,25)23-16-19-8-2-9-20-16/h2-11H,1H3,(H,19,20,23)(H2,18,21,22,26). The Bertz CT molecular complexity index is 1040. The molecule has 1 aromatic carbocycles. The summed E-state index contributed by atoms with van der Waals surface area (Å²) < 4.78 is 27.0. The lowest BCUT2D eigenvalue weighted by Crippen LogP contribution is -2.20. The van der Waals surface area contributed by atoms with Crippen LogP contribution < -0.4 is 15.4 Å². The topological polar surface area (TPSA) is 109 Å². The lowest BCUT2D eigenvalue weighted by molar-refractivity contribution is 0.601. The third kappa shape index (κ3) is 5.19. The average Bonchev–Trinajstić information content (AvgIpc) is 2.62. The maximum atomic E-state index is 12.4. The van der Waals surface area contributed by atoms with E-state index in [9.17, 15) is 8.42 Å². The van der Waals surface area contributed by atoms with Gasteiger partial charge in [-0.05, 0) is 67.2 Å². The molecule has 0 radical (unpaired) electrons. The zero-order chi connectivity index (χ0) is 19.3. The van der Waals surface area contributed by atoms with E-state index in [-0.39, 0.29) is 10.8 Å². The Morgan fingerprint density at radius 3 is 2.33 bits per heavy atom. The van der Waals surface area contributed by atoms with Gasteiger partial charge in [-0.3, -0.25) is 0 Å². The highest BCUT2D eigenvalue weighted by atomic mass is 32.2. The molecule has 0 spiro atoms. The zero-order valence-electron chi connectivity index (χ0n) is 14.2. The van der Waals surface area contributed by atoms with Gasteiger partial charge in [0.15, 0.2) is 5.11 Å². The first-order valence-corrected chi connectivity index (χ1v) is 9.72. The molecule has 2 heterocycles. The molecular weight excluding hydrogens is 384 g/mol. The van der Waals surface area contributed by atoms with Crippen LogP contribution in [-0.4, -0.2) is 28.5 Å². The second-order valence-electron chi connectivity index (χ2n) is 5.50. The predicted octanol–water partition coefficient (Wildman–Crippen LogP) is 2.79. The molecular formula is C17H16N6O2S2. The van der Waals surface area contributed by atoms with Crippen molar-refractivity contribution in [1.29, 1.82) is 0 Å². The molecule has 0 fully saturated rings. The van der Waals surface area contributed by atoms with Gasteiger partial charge in [-0.1, -0.05) is 0 Å². The van der Waals surface area contributed by atoms with E-state index >= 15 is 0 Å². The van der Waals surface area contributed by atoms with Gasteiger partial charge in [-0.15, -0.1) is 0 Å². The largest absolute Gasteiger partial charge is 0.332 e. The lowest BCUT2D eigenvalue weighted by Gasteiger charge is -2.11. The van der Waals surface area contributed by atoms with Crippen molar-refractivity contribution < 1.29 is 8.42 Å². The van der Waals surface area contributed by atoms with E-state index in [0.29, 0.717) is 16.6 Å². The van der Waals surface area contributed by atoms with Crippen molar-refractivity contribution in [3.63, 3.8) is 0 Å². The molecule has 10 heteroatoms. The molecule has 0 saturated carbocycles. The highest BCUT2D eigenvalue weighted by Gasteiger charge is 2.15. The van der Waals surface area contributed by atoms with Crippen LogP contribution in [0.15, 0.2) is 66.0 Å². The number of sulfonamides is 1. The first kappa shape index (κ1) is 18.7.